The summed E-state index contributed by atoms with van der Waals surface area (Å²) in [5.41, 5.74) is -1.74. The van der Waals surface area contributed by atoms with Crippen molar-refractivity contribution in [3.05, 3.63) is 32.8 Å². The zero-order chi connectivity index (χ0) is 13.9. The fraction of sp³-hybridized carbons (Fsp3) is 0.545. The van der Waals surface area contributed by atoms with Crippen LogP contribution in [0.4, 0.5) is 0 Å². The van der Waals surface area contributed by atoms with Crippen molar-refractivity contribution in [2.45, 2.75) is 39.0 Å². The number of aliphatic hydroxyl groups excluding tert-OH is 1. The number of hydrogen-bond acceptors (Lipinski definition) is 4. The third-order valence-electron chi connectivity index (χ3n) is 2.70. The monoisotopic (exact) mass is 255 g/mol. The first-order valence-electron chi connectivity index (χ1n) is 5.51. The Labute approximate surface area is 103 Å². The van der Waals surface area contributed by atoms with Crippen LogP contribution in [0.5, 0.6) is 0 Å². The molecule has 0 saturated heterocycles. The topological polar surface area (TPSA) is 104 Å². The van der Waals surface area contributed by atoms with Gasteiger partial charge in [-0.1, -0.05) is 0 Å². The fourth-order valence-corrected chi connectivity index (χ4v) is 1.23. The largest absolute Gasteiger partial charge is 0.391 e. The van der Waals surface area contributed by atoms with Crippen LogP contribution in [-0.2, 0) is 11.3 Å². The van der Waals surface area contributed by atoms with Gasteiger partial charge in [0.15, 0.2) is 0 Å². The molecule has 0 radical (unpaired) electrons. The van der Waals surface area contributed by atoms with E-state index in [9.17, 15) is 19.5 Å². The molecule has 0 fully saturated rings. The summed E-state index contributed by atoms with van der Waals surface area (Å²) >= 11 is 0. The summed E-state index contributed by atoms with van der Waals surface area (Å²) in [5.74, 6) is -0.468. The van der Waals surface area contributed by atoms with E-state index in [4.69, 9.17) is 0 Å². The number of carbonyl (C=O) groups excluding carboxylic acids is 1. The predicted molar refractivity (Wildman–Crippen MR) is 65.2 cm³/mol. The van der Waals surface area contributed by atoms with Crippen LogP contribution in [0.3, 0.4) is 0 Å². The lowest BCUT2D eigenvalue weighted by molar-refractivity contribution is -0.124. The molecule has 7 nitrogen and oxygen atoms in total. The van der Waals surface area contributed by atoms with Gasteiger partial charge in [0.1, 0.15) is 6.54 Å². The van der Waals surface area contributed by atoms with E-state index < -0.39 is 28.7 Å². The molecule has 3 N–H and O–H groups in total. The Hall–Kier alpha value is -1.89. The zero-order valence-corrected chi connectivity index (χ0v) is 10.6. The van der Waals surface area contributed by atoms with Crippen molar-refractivity contribution in [3.8, 4) is 0 Å². The molecule has 1 aromatic heterocycles. The second kappa shape index (κ2) is 5.18. The highest BCUT2D eigenvalue weighted by Gasteiger charge is 2.26. The van der Waals surface area contributed by atoms with Crippen molar-refractivity contribution in [1.29, 1.82) is 0 Å². The number of hydrogen-bond donors (Lipinski definition) is 3. The summed E-state index contributed by atoms with van der Waals surface area (Å²) in [4.78, 5) is 34.1. The number of rotatable bonds is 4. The summed E-state index contributed by atoms with van der Waals surface area (Å²) in [7, 11) is 0. The highest BCUT2D eigenvalue weighted by Crippen LogP contribution is 2.07. The van der Waals surface area contributed by atoms with E-state index in [1.54, 1.807) is 20.8 Å². The van der Waals surface area contributed by atoms with Gasteiger partial charge in [-0.15, -0.1) is 0 Å². The molecule has 0 aliphatic rings. The minimum absolute atomic E-state index is 0.301. The Balaban J connectivity index is 2.80. The van der Waals surface area contributed by atoms with E-state index in [1.807, 2.05) is 0 Å². The maximum absolute atomic E-state index is 11.7. The lowest BCUT2D eigenvalue weighted by Crippen LogP contribution is -2.52. The van der Waals surface area contributed by atoms with E-state index >= 15 is 0 Å². The molecule has 1 rings (SSSR count). The number of aromatic nitrogens is 2. The molecule has 7 heteroatoms. The Morgan fingerprint density at radius 3 is 2.67 bits per heavy atom. The molecule has 1 heterocycles. The van der Waals surface area contributed by atoms with Gasteiger partial charge in [0.2, 0.25) is 5.91 Å². The number of amides is 1. The number of aliphatic hydroxyl groups is 1. The van der Waals surface area contributed by atoms with Crippen LogP contribution in [0.15, 0.2) is 21.7 Å². The summed E-state index contributed by atoms with van der Waals surface area (Å²) < 4.78 is 0.912. The van der Waals surface area contributed by atoms with Crippen LogP contribution in [0, 0.1) is 0 Å². The Kier molecular flexibility index (Phi) is 4.07. The molecular weight excluding hydrogens is 238 g/mol. The maximum atomic E-state index is 11.7. The first-order chi connectivity index (χ1) is 8.22. The first kappa shape index (κ1) is 14.2. The van der Waals surface area contributed by atoms with Gasteiger partial charge in [-0.25, -0.2) is 4.68 Å². The van der Waals surface area contributed by atoms with Crippen molar-refractivity contribution < 1.29 is 9.90 Å². The molecule has 1 atom stereocenters. The quantitative estimate of drug-likeness (QED) is 0.629. The Morgan fingerprint density at radius 2 is 2.11 bits per heavy atom. The highest BCUT2D eigenvalue weighted by molar-refractivity contribution is 5.76. The van der Waals surface area contributed by atoms with Crippen molar-refractivity contribution in [1.82, 2.24) is 15.1 Å². The summed E-state index contributed by atoms with van der Waals surface area (Å²) in [5, 5.41) is 14.3. The van der Waals surface area contributed by atoms with Crippen LogP contribution in [-0.4, -0.2) is 32.4 Å². The third-order valence-corrected chi connectivity index (χ3v) is 2.70. The Bertz CT molecular complexity index is 542. The summed E-state index contributed by atoms with van der Waals surface area (Å²) in [6.07, 6.45) is -0.743. The van der Waals surface area contributed by atoms with E-state index in [0.29, 0.717) is 0 Å². The van der Waals surface area contributed by atoms with E-state index in [-0.39, 0.29) is 6.54 Å². The number of nitrogens with one attached hydrogen (secondary N) is 2. The fourth-order valence-electron chi connectivity index (χ4n) is 1.23. The van der Waals surface area contributed by atoms with Gasteiger partial charge in [0, 0.05) is 12.1 Å². The van der Waals surface area contributed by atoms with Crippen molar-refractivity contribution in [3.63, 3.8) is 0 Å². The minimum atomic E-state index is -0.810. The molecule has 100 valence electrons. The maximum Gasteiger partial charge on any atom is 0.265 e. The molecule has 1 aromatic rings. The SMILES string of the molecule is CC(O)C(C)(C)NC(=O)Cn1[nH]c(=O)ccc1=O. The third kappa shape index (κ3) is 3.56. The number of H-pyrrole nitrogens is 1. The van der Waals surface area contributed by atoms with E-state index in [0.717, 1.165) is 16.8 Å². The van der Waals surface area contributed by atoms with Crippen LogP contribution >= 0.6 is 0 Å². The van der Waals surface area contributed by atoms with Crippen molar-refractivity contribution >= 4 is 5.91 Å². The average molecular weight is 255 g/mol. The zero-order valence-electron chi connectivity index (χ0n) is 10.6. The molecule has 0 spiro atoms. The van der Waals surface area contributed by atoms with Crippen molar-refractivity contribution in [2.24, 2.45) is 0 Å². The lowest BCUT2D eigenvalue weighted by atomic mass is 9.99. The van der Waals surface area contributed by atoms with E-state index in [1.165, 1.54) is 0 Å². The van der Waals surface area contributed by atoms with Crippen LogP contribution in [0.1, 0.15) is 20.8 Å². The molecule has 0 bridgehead atoms. The van der Waals surface area contributed by atoms with Gasteiger partial charge >= 0.3 is 0 Å². The van der Waals surface area contributed by atoms with Crippen LogP contribution in [0.25, 0.3) is 0 Å². The van der Waals surface area contributed by atoms with Gasteiger partial charge in [0.25, 0.3) is 11.1 Å². The smallest absolute Gasteiger partial charge is 0.265 e. The van der Waals surface area contributed by atoms with Gasteiger partial charge in [-0.3, -0.25) is 19.5 Å². The van der Waals surface area contributed by atoms with Gasteiger partial charge < -0.3 is 10.4 Å². The number of aromatic amines is 1. The molecule has 0 aliphatic heterocycles. The molecule has 0 aliphatic carbocycles. The standard InChI is InChI=1S/C11H17N3O4/c1-7(15)11(2,3)12-9(17)6-14-10(18)5-4-8(16)13-14/h4-5,7,15H,6H2,1-3H3,(H,12,17)(H,13,16). The van der Waals surface area contributed by atoms with Crippen LogP contribution < -0.4 is 16.4 Å². The second-order valence-corrected chi connectivity index (χ2v) is 4.68. The average Bonchev–Trinajstić information content (AvgIpc) is 2.22. The molecule has 0 aromatic carbocycles. The summed E-state index contributed by atoms with van der Waals surface area (Å²) in [6.45, 7) is 4.57. The highest BCUT2D eigenvalue weighted by atomic mass is 16.3. The minimum Gasteiger partial charge on any atom is -0.391 e. The second-order valence-electron chi connectivity index (χ2n) is 4.68. The van der Waals surface area contributed by atoms with Crippen molar-refractivity contribution in [2.75, 3.05) is 0 Å². The number of nitrogens with zero attached hydrogens (tertiary/aromatic N) is 1. The predicted octanol–water partition coefficient (Wildman–Crippen LogP) is -1.19. The summed E-state index contributed by atoms with van der Waals surface area (Å²) in [6, 6.07) is 2.18. The van der Waals surface area contributed by atoms with Crippen LogP contribution in [0.2, 0.25) is 0 Å². The normalized spacial score (nSPS) is 13.1. The van der Waals surface area contributed by atoms with Gasteiger partial charge in [-0.05, 0) is 20.8 Å². The van der Waals surface area contributed by atoms with E-state index in [2.05, 4.69) is 10.4 Å². The Morgan fingerprint density at radius 1 is 1.50 bits per heavy atom. The molecule has 0 saturated carbocycles. The lowest BCUT2D eigenvalue weighted by Gasteiger charge is -2.29. The molecule has 18 heavy (non-hydrogen) atoms. The van der Waals surface area contributed by atoms with Gasteiger partial charge in [0.05, 0.1) is 11.6 Å². The number of carbonyl (C=O) groups is 1. The molecule has 1 amide bonds. The molecule has 1 unspecified atom stereocenters. The molecular formula is C11H17N3O4. The van der Waals surface area contributed by atoms with Gasteiger partial charge in [-0.2, -0.15) is 0 Å². The first-order valence-corrected chi connectivity index (χ1v) is 5.51.